The van der Waals surface area contributed by atoms with Gasteiger partial charge in [-0.3, -0.25) is 0 Å². The molecule has 0 amide bonds. The molecule has 2 aromatic carbocycles. The molecule has 1 nitrogen and oxygen atoms in total. The minimum Gasteiger partial charge on any atom is -0.306 e. The molecule has 0 aliphatic carbocycles. The molecule has 0 spiro atoms. The van der Waals surface area contributed by atoms with Gasteiger partial charge in [-0.25, -0.2) is 0 Å². The minimum absolute atomic E-state index is 0.224. The van der Waals surface area contributed by atoms with Crippen molar-refractivity contribution in [3.63, 3.8) is 0 Å². The number of aryl methyl sites for hydroxylation is 1. The van der Waals surface area contributed by atoms with Gasteiger partial charge >= 0.3 is 0 Å². The van der Waals surface area contributed by atoms with E-state index in [1.807, 2.05) is 18.2 Å². The van der Waals surface area contributed by atoms with Crippen molar-refractivity contribution in [3.8, 4) is 0 Å². The van der Waals surface area contributed by atoms with E-state index in [2.05, 4.69) is 59.4 Å². The summed E-state index contributed by atoms with van der Waals surface area (Å²) in [6, 6.07) is 14.6. The Bertz CT molecular complexity index is 568. The van der Waals surface area contributed by atoms with Gasteiger partial charge in [0.05, 0.1) is 0 Å². The Morgan fingerprint density at radius 3 is 2.63 bits per heavy atom. The molecule has 1 unspecified atom stereocenters. The number of rotatable bonds is 4. The van der Waals surface area contributed by atoms with Crippen molar-refractivity contribution in [2.75, 3.05) is 0 Å². The first-order valence-electron chi connectivity index (χ1n) is 6.31. The number of hydrogen-bond acceptors (Lipinski definition) is 1. The summed E-state index contributed by atoms with van der Waals surface area (Å²) < 4.78 is 1.14. The fourth-order valence-electron chi connectivity index (χ4n) is 1.99. The predicted molar refractivity (Wildman–Crippen MR) is 85.6 cm³/mol. The Morgan fingerprint density at radius 1 is 1.21 bits per heavy atom. The summed E-state index contributed by atoms with van der Waals surface area (Å²) in [6.45, 7) is 5.03. The third kappa shape index (κ3) is 3.82. The molecule has 0 fully saturated rings. The van der Waals surface area contributed by atoms with Gasteiger partial charge in [-0.2, -0.15) is 0 Å². The van der Waals surface area contributed by atoms with Crippen LogP contribution in [-0.2, 0) is 6.54 Å². The molecule has 2 rings (SSSR count). The quantitative estimate of drug-likeness (QED) is 0.801. The number of hydrogen-bond donors (Lipinski definition) is 1. The standard InChI is InChI=1S/C16H17BrClN/c1-11-7-8-13(15(17)9-11)10-19-12(2)14-5-3-4-6-16(14)18/h3-9,12,19H,10H2,1-2H3. The molecule has 1 N–H and O–H groups in total. The first kappa shape index (κ1) is 14.6. The second kappa shape index (κ2) is 6.56. The van der Waals surface area contributed by atoms with E-state index in [-0.39, 0.29) is 6.04 Å². The molecule has 2 aromatic rings. The van der Waals surface area contributed by atoms with Crippen LogP contribution in [0.5, 0.6) is 0 Å². The van der Waals surface area contributed by atoms with Crippen molar-refractivity contribution in [2.24, 2.45) is 0 Å². The van der Waals surface area contributed by atoms with Crippen molar-refractivity contribution < 1.29 is 0 Å². The minimum atomic E-state index is 0.224. The van der Waals surface area contributed by atoms with Crippen molar-refractivity contribution in [3.05, 3.63) is 68.7 Å². The molecule has 19 heavy (non-hydrogen) atoms. The van der Waals surface area contributed by atoms with Crippen molar-refractivity contribution in [1.29, 1.82) is 0 Å². The molecule has 0 saturated carbocycles. The van der Waals surface area contributed by atoms with Crippen LogP contribution in [0.25, 0.3) is 0 Å². The van der Waals surface area contributed by atoms with Crippen LogP contribution >= 0.6 is 27.5 Å². The van der Waals surface area contributed by atoms with Gasteiger partial charge in [-0.15, -0.1) is 0 Å². The molecule has 3 heteroatoms. The lowest BCUT2D eigenvalue weighted by Crippen LogP contribution is -2.18. The Hall–Kier alpha value is -0.830. The first-order chi connectivity index (χ1) is 9.08. The zero-order chi connectivity index (χ0) is 13.8. The highest BCUT2D eigenvalue weighted by atomic mass is 79.9. The summed E-state index contributed by atoms with van der Waals surface area (Å²) >= 11 is 9.81. The van der Waals surface area contributed by atoms with E-state index in [1.165, 1.54) is 11.1 Å². The zero-order valence-corrected chi connectivity index (χ0v) is 13.4. The lowest BCUT2D eigenvalue weighted by molar-refractivity contribution is 0.574. The van der Waals surface area contributed by atoms with Crippen LogP contribution < -0.4 is 5.32 Å². The van der Waals surface area contributed by atoms with E-state index in [9.17, 15) is 0 Å². The molecule has 100 valence electrons. The monoisotopic (exact) mass is 337 g/mol. The maximum absolute atomic E-state index is 6.20. The molecule has 0 aliphatic heterocycles. The van der Waals surface area contributed by atoms with Gasteiger partial charge in [0.2, 0.25) is 0 Å². The third-order valence-electron chi connectivity index (χ3n) is 3.18. The molecule has 0 radical (unpaired) electrons. The second-order valence-electron chi connectivity index (χ2n) is 4.72. The topological polar surface area (TPSA) is 12.0 Å². The summed E-state index contributed by atoms with van der Waals surface area (Å²) in [5.41, 5.74) is 3.65. The third-order valence-corrected chi connectivity index (χ3v) is 4.26. The van der Waals surface area contributed by atoms with E-state index in [0.717, 1.165) is 21.6 Å². The Balaban J connectivity index is 2.04. The van der Waals surface area contributed by atoms with Gasteiger partial charge in [0.15, 0.2) is 0 Å². The molecule has 0 aliphatic rings. The molecule has 0 aromatic heterocycles. The highest BCUT2D eigenvalue weighted by molar-refractivity contribution is 9.10. The van der Waals surface area contributed by atoms with Gasteiger partial charge in [0.1, 0.15) is 0 Å². The summed E-state index contributed by atoms with van der Waals surface area (Å²) in [4.78, 5) is 0. The Morgan fingerprint density at radius 2 is 1.95 bits per heavy atom. The van der Waals surface area contributed by atoms with Crippen LogP contribution in [0.15, 0.2) is 46.9 Å². The SMILES string of the molecule is Cc1ccc(CNC(C)c2ccccc2Cl)c(Br)c1. The van der Waals surface area contributed by atoms with Gasteiger partial charge in [-0.05, 0) is 42.7 Å². The Kier molecular flexibility index (Phi) is 5.03. The Labute approximate surface area is 128 Å². The van der Waals surface area contributed by atoms with Crippen LogP contribution in [-0.4, -0.2) is 0 Å². The number of halogens is 2. The maximum atomic E-state index is 6.20. The average Bonchev–Trinajstić information content (AvgIpc) is 2.38. The van der Waals surface area contributed by atoms with E-state index < -0.39 is 0 Å². The van der Waals surface area contributed by atoms with Crippen LogP contribution in [0.1, 0.15) is 29.7 Å². The lowest BCUT2D eigenvalue weighted by atomic mass is 10.1. The van der Waals surface area contributed by atoms with Crippen LogP contribution in [0.4, 0.5) is 0 Å². The predicted octanol–water partition coefficient (Wildman–Crippen LogP) is 5.26. The van der Waals surface area contributed by atoms with E-state index >= 15 is 0 Å². The zero-order valence-electron chi connectivity index (χ0n) is 11.1. The largest absolute Gasteiger partial charge is 0.306 e. The maximum Gasteiger partial charge on any atom is 0.0453 e. The van der Waals surface area contributed by atoms with Gasteiger partial charge < -0.3 is 5.32 Å². The smallest absolute Gasteiger partial charge is 0.0453 e. The molecular weight excluding hydrogens is 322 g/mol. The summed E-state index contributed by atoms with van der Waals surface area (Å²) in [7, 11) is 0. The van der Waals surface area contributed by atoms with Crippen LogP contribution in [0.3, 0.4) is 0 Å². The van der Waals surface area contributed by atoms with Crippen LogP contribution in [0, 0.1) is 6.92 Å². The van der Waals surface area contributed by atoms with Crippen LogP contribution in [0.2, 0.25) is 5.02 Å². The molecule has 1 atom stereocenters. The molecule has 0 heterocycles. The van der Waals surface area contributed by atoms with Crippen molar-refractivity contribution in [2.45, 2.75) is 26.4 Å². The van der Waals surface area contributed by atoms with E-state index in [1.54, 1.807) is 0 Å². The van der Waals surface area contributed by atoms with Crippen molar-refractivity contribution in [1.82, 2.24) is 5.32 Å². The van der Waals surface area contributed by atoms with Gasteiger partial charge in [0.25, 0.3) is 0 Å². The fourth-order valence-corrected chi connectivity index (χ4v) is 2.93. The van der Waals surface area contributed by atoms with Gasteiger partial charge in [-0.1, -0.05) is 57.9 Å². The fraction of sp³-hybridized carbons (Fsp3) is 0.250. The summed E-state index contributed by atoms with van der Waals surface area (Å²) in [5.74, 6) is 0. The number of nitrogens with one attached hydrogen (secondary N) is 1. The lowest BCUT2D eigenvalue weighted by Gasteiger charge is -2.16. The molecule has 0 saturated heterocycles. The van der Waals surface area contributed by atoms with E-state index in [0.29, 0.717) is 0 Å². The van der Waals surface area contributed by atoms with Gasteiger partial charge in [0, 0.05) is 22.1 Å². The summed E-state index contributed by atoms with van der Waals surface area (Å²) in [6.07, 6.45) is 0. The first-order valence-corrected chi connectivity index (χ1v) is 7.48. The molecular formula is C16H17BrClN. The van der Waals surface area contributed by atoms with Crippen molar-refractivity contribution >= 4 is 27.5 Å². The second-order valence-corrected chi connectivity index (χ2v) is 5.98. The number of benzene rings is 2. The highest BCUT2D eigenvalue weighted by Crippen LogP contribution is 2.23. The summed E-state index contributed by atoms with van der Waals surface area (Å²) in [5, 5.41) is 4.31. The highest BCUT2D eigenvalue weighted by Gasteiger charge is 2.09. The normalized spacial score (nSPS) is 12.4. The average molecular weight is 339 g/mol. The van der Waals surface area contributed by atoms with E-state index in [4.69, 9.17) is 11.6 Å². The molecule has 0 bridgehead atoms.